The first-order valence-electron chi connectivity index (χ1n) is 8.97. The summed E-state index contributed by atoms with van der Waals surface area (Å²) in [6, 6.07) is 4.14. The first kappa shape index (κ1) is 21.3. The molecular weight excluding hydrogens is 408 g/mol. The summed E-state index contributed by atoms with van der Waals surface area (Å²) >= 11 is 1.33. The number of thiophene rings is 1. The highest BCUT2D eigenvalue weighted by molar-refractivity contribution is 7.16. The van der Waals surface area contributed by atoms with Crippen molar-refractivity contribution in [2.75, 3.05) is 14.2 Å². The maximum atomic E-state index is 12.5. The van der Waals surface area contributed by atoms with Gasteiger partial charge in [0.05, 0.1) is 25.2 Å². The minimum Gasteiger partial charge on any atom is -0.497 e. The average Bonchev–Trinajstić information content (AvgIpc) is 3.12. The molecule has 3 rings (SSSR count). The Balaban J connectivity index is 1.73. The van der Waals surface area contributed by atoms with Crippen LogP contribution in [0.4, 0.5) is 0 Å². The van der Waals surface area contributed by atoms with Crippen molar-refractivity contribution in [2.45, 2.75) is 19.9 Å². The molecule has 1 amide bonds. The number of carbonyl (C=O) groups is 2. The zero-order valence-corrected chi connectivity index (χ0v) is 17.7. The normalized spacial score (nSPS) is 12.1. The Labute approximate surface area is 176 Å². The molecule has 1 atom stereocenters. The fourth-order valence-corrected chi connectivity index (χ4v) is 3.70. The van der Waals surface area contributed by atoms with E-state index in [0.717, 1.165) is 17.7 Å². The van der Waals surface area contributed by atoms with Crippen LogP contribution in [0, 0.1) is 6.92 Å². The van der Waals surface area contributed by atoms with E-state index in [1.165, 1.54) is 31.6 Å². The van der Waals surface area contributed by atoms with Gasteiger partial charge in [0.1, 0.15) is 22.4 Å². The highest BCUT2D eigenvalue weighted by Crippen LogP contribution is 2.25. The number of methoxy groups -OCH3 is 2. The second-order valence-electron chi connectivity index (χ2n) is 6.43. The molecule has 0 aliphatic heterocycles. The van der Waals surface area contributed by atoms with E-state index in [-0.39, 0.29) is 11.5 Å². The van der Waals surface area contributed by atoms with Crippen LogP contribution < -0.4 is 20.4 Å². The first-order chi connectivity index (χ1) is 14.3. The van der Waals surface area contributed by atoms with Gasteiger partial charge in [-0.25, -0.2) is 9.78 Å². The lowest BCUT2D eigenvalue weighted by molar-refractivity contribution is -0.117. The third kappa shape index (κ3) is 4.41. The lowest BCUT2D eigenvalue weighted by Gasteiger charge is -2.10. The van der Waals surface area contributed by atoms with E-state index in [0.29, 0.717) is 21.7 Å². The number of benzene rings is 1. The molecule has 0 aliphatic rings. The van der Waals surface area contributed by atoms with Crippen molar-refractivity contribution >= 4 is 33.2 Å². The van der Waals surface area contributed by atoms with Gasteiger partial charge in [-0.3, -0.25) is 9.59 Å². The van der Waals surface area contributed by atoms with Gasteiger partial charge in [-0.2, -0.15) is 0 Å². The number of hydrogen-bond acceptors (Lipinski definition) is 8. The minimum absolute atomic E-state index is 0.0943. The third-order valence-corrected chi connectivity index (χ3v) is 5.35. The molecule has 2 heterocycles. The molecule has 0 saturated carbocycles. The summed E-state index contributed by atoms with van der Waals surface area (Å²) in [5.41, 5.74) is 0.569. The van der Waals surface area contributed by atoms with Crippen LogP contribution in [0.5, 0.6) is 11.5 Å². The molecule has 0 fully saturated rings. The molecule has 1 aromatic carbocycles. The molecule has 156 valence electrons. The molecule has 0 bridgehead atoms. The van der Waals surface area contributed by atoms with Crippen molar-refractivity contribution in [3.8, 4) is 11.5 Å². The van der Waals surface area contributed by atoms with Gasteiger partial charge in [0.15, 0.2) is 5.78 Å². The molecule has 2 aromatic heterocycles. The van der Waals surface area contributed by atoms with Crippen molar-refractivity contribution in [1.29, 1.82) is 0 Å². The quantitative estimate of drug-likeness (QED) is 0.455. The molecule has 9 heteroatoms. The molecular formula is C21H20N2O6S. The maximum Gasteiger partial charge on any atom is 0.348 e. The number of rotatable bonds is 7. The highest BCUT2D eigenvalue weighted by Gasteiger charge is 2.17. The number of ketones is 1. The number of nitrogens with one attached hydrogen (secondary N) is 1. The van der Waals surface area contributed by atoms with Crippen molar-refractivity contribution < 1.29 is 23.5 Å². The van der Waals surface area contributed by atoms with Gasteiger partial charge in [0.2, 0.25) is 11.8 Å². The molecule has 0 radical (unpaired) electrons. The summed E-state index contributed by atoms with van der Waals surface area (Å²) in [4.78, 5) is 41.7. The van der Waals surface area contributed by atoms with Crippen molar-refractivity contribution in [3.63, 3.8) is 0 Å². The predicted molar refractivity (Wildman–Crippen MR) is 112 cm³/mol. The summed E-state index contributed by atoms with van der Waals surface area (Å²) in [6.07, 6.45) is 2.23. The van der Waals surface area contributed by atoms with Gasteiger partial charge >= 0.3 is 5.63 Å². The number of hydrogen-bond donors (Lipinski definition) is 1. The average molecular weight is 428 g/mol. The predicted octanol–water partition coefficient (Wildman–Crippen LogP) is 3.19. The van der Waals surface area contributed by atoms with E-state index in [1.54, 1.807) is 26.0 Å². The van der Waals surface area contributed by atoms with Crippen LogP contribution in [0.1, 0.15) is 34.8 Å². The minimum atomic E-state index is -0.664. The number of ether oxygens (including phenoxy) is 2. The standard InChI is InChI=1S/C21H20N2O6S/c1-11-10-30-20-18(11)21(26)29-19(23-20)12(2)22-17(25)8-6-15(24)14-9-13(27-3)5-7-16(14)28-4/h5-10,12H,1-4H3,(H,22,25)/t12-/m0/s1. The zero-order valence-electron chi connectivity index (χ0n) is 16.8. The summed E-state index contributed by atoms with van der Waals surface area (Å²) < 4.78 is 15.6. The number of aromatic nitrogens is 1. The fraction of sp³-hybridized carbons (Fsp3) is 0.238. The summed E-state index contributed by atoms with van der Waals surface area (Å²) in [5, 5.41) is 4.90. The number of fused-ring (bicyclic) bond motifs is 1. The Hall–Kier alpha value is -3.46. The number of nitrogens with zero attached hydrogens (tertiary/aromatic N) is 1. The lowest BCUT2D eigenvalue weighted by Crippen LogP contribution is -2.26. The van der Waals surface area contributed by atoms with Crippen LogP contribution in [-0.4, -0.2) is 30.9 Å². The number of aryl methyl sites for hydroxylation is 1. The van der Waals surface area contributed by atoms with Crippen molar-refractivity contribution in [2.24, 2.45) is 0 Å². The Morgan fingerprint density at radius 1 is 1.23 bits per heavy atom. The van der Waals surface area contributed by atoms with Crippen LogP contribution in [0.25, 0.3) is 10.2 Å². The van der Waals surface area contributed by atoms with E-state index in [4.69, 9.17) is 13.9 Å². The lowest BCUT2D eigenvalue weighted by atomic mass is 10.1. The van der Waals surface area contributed by atoms with Crippen LogP contribution in [-0.2, 0) is 4.79 Å². The molecule has 0 unspecified atom stereocenters. The largest absolute Gasteiger partial charge is 0.497 e. The first-order valence-corrected chi connectivity index (χ1v) is 9.85. The Bertz CT molecular complexity index is 1190. The fourth-order valence-electron chi connectivity index (χ4n) is 2.79. The summed E-state index contributed by atoms with van der Waals surface area (Å²) in [6.45, 7) is 3.44. The molecule has 8 nitrogen and oxygen atoms in total. The number of allylic oxidation sites excluding steroid dienone is 1. The van der Waals surface area contributed by atoms with Crippen molar-refractivity contribution in [3.05, 3.63) is 63.2 Å². The number of carbonyl (C=O) groups excluding carboxylic acids is 2. The molecule has 0 saturated heterocycles. The highest BCUT2D eigenvalue weighted by atomic mass is 32.1. The van der Waals surface area contributed by atoms with Crippen LogP contribution in [0.15, 0.2) is 44.9 Å². The monoisotopic (exact) mass is 428 g/mol. The third-order valence-electron chi connectivity index (χ3n) is 4.36. The second-order valence-corrected chi connectivity index (χ2v) is 7.29. The van der Waals surface area contributed by atoms with E-state index in [9.17, 15) is 14.4 Å². The Morgan fingerprint density at radius 3 is 2.70 bits per heavy atom. The molecule has 1 N–H and O–H groups in total. The van der Waals surface area contributed by atoms with Gasteiger partial charge in [0.25, 0.3) is 0 Å². The molecule has 0 aliphatic carbocycles. The van der Waals surface area contributed by atoms with Crippen molar-refractivity contribution in [1.82, 2.24) is 10.3 Å². The van der Waals surface area contributed by atoms with Gasteiger partial charge < -0.3 is 19.2 Å². The van der Waals surface area contributed by atoms with Crippen LogP contribution >= 0.6 is 11.3 Å². The summed E-state index contributed by atoms with van der Waals surface area (Å²) in [5.74, 6) is -0.00845. The second kappa shape index (κ2) is 8.91. The topological polar surface area (TPSA) is 108 Å². The Kier molecular flexibility index (Phi) is 6.31. The van der Waals surface area contributed by atoms with Gasteiger partial charge in [-0.15, -0.1) is 11.3 Å². The molecule has 30 heavy (non-hydrogen) atoms. The Morgan fingerprint density at radius 2 is 2.00 bits per heavy atom. The molecule has 0 spiro atoms. The van der Waals surface area contributed by atoms with Gasteiger partial charge in [0, 0.05) is 6.08 Å². The molecule has 3 aromatic rings. The smallest absolute Gasteiger partial charge is 0.348 e. The van der Waals surface area contributed by atoms with E-state index < -0.39 is 23.4 Å². The van der Waals surface area contributed by atoms with Gasteiger partial charge in [-0.1, -0.05) is 0 Å². The van der Waals surface area contributed by atoms with E-state index >= 15 is 0 Å². The summed E-state index contributed by atoms with van der Waals surface area (Å²) in [7, 11) is 2.94. The maximum absolute atomic E-state index is 12.5. The SMILES string of the molecule is COc1ccc(OC)c(C(=O)C=CC(=O)N[C@@H](C)c2nc3scc(C)c3c(=O)o2)c1. The zero-order chi connectivity index (χ0) is 21.8. The van der Waals surface area contributed by atoms with Crippen LogP contribution in [0.3, 0.4) is 0 Å². The van der Waals surface area contributed by atoms with Crippen LogP contribution in [0.2, 0.25) is 0 Å². The number of amides is 1. The van der Waals surface area contributed by atoms with E-state index in [1.807, 2.05) is 5.38 Å². The van der Waals surface area contributed by atoms with E-state index in [2.05, 4.69) is 10.3 Å². The van der Waals surface area contributed by atoms with Gasteiger partial charge in [-0.05, 0) is 49.1 Å².